The quantitative estimate of drug-likeness (QED) is 0.762. The number of fused-ring (bicyclic) bond motifs is 1. The smallest absolute Gasteiger partial charge is 0.126 e. The van der Waals surface area contributed by atoms with Gasteiger partial charge in [0.15, 0.2) is 0 Å². The van der Waals surface area contributed by atoms with Crippen LogP contribution in [0.4, 0.5) is 5.82 Å². The number of hydrogen-bond donors (Lipinski definition) is 1. The number of hydrogen-bond acceptors (Lipinski definition) is 3. The van der Waals surface area contributed by atoms with Crippen LogP contribution in [-0.4, -0.2) is 14.8 Å². The average molecular weight is 238 g/mol. The molecule has 4 heteroatoms. The molecule has 0 fully saturated rings. The predicted molar refractivity (Wildman–Crippen MR) is 72.3 cm³/mol. The minimum absolute atomic E-state index is 0.724. The lowest BCUT2D eigenvalue weighted by Crippen LogP contribution is -2.06. The maximum atomic E-state index is 4.56. The van der Waals surface area contributed by atoms with Crippen molar-refractivity contribution in [3.8, 4) is 0 Å². The monoisotopic (exact) mass is 238 g/mol. The molecule has 18 heavy (non-hydrogen) atoms. The van der Waals surface area contributed by atoms with Crippen molar-refractivity contribution >= 4 is 16.7 Å². The van der Waals surface area contributed by atoms with Crippen molar-refractivity contribution in [3.05, 3.63) is 54.4 Å². The highest BCUT2D eigenvalue weighted by atomic mass is 15.3. The number of benzene rings is 1. The van der Waals surface area contributed by atoms with Gasteiger partial charge in [0, 0.05) is 18.6 Å². The summed E-state index contributed by atoms with van der Waals surface area (Å²) in [6.07, 6.45) is 1.80. The molecule has 0 bridgehead atoms. The molecule has 0 saturated carbocycles. The van der Waals surface area contributed by atoms with Gasteiger partial charge in [-0.05, 0) is 24.3 Å². The summed E-state index contributed by atoms with van der Waals surface area (Å²) in [5.41, 5.74) is 2.14. The van der Waals surface area contributed by atoms with Gasteiger partial charge in [0.1, 0.15) is 5.82 Å². The fourth-order valence-corrected chi connectivity index (χ4v) is 1.92. The summed E-state index contributed by atoms with van der Waals surface area (Å²) in [4.78, 5) is 4.56. The van der Waals surface area contributed by atoms with Gasteiger partial charge in [-0.1, -0.05) is 18.2 Å². The molecule has 2 aromatic heterocycles. The first-order valence-electron chi connectivity index (χ1n) is 5.89. The summed E-state index contributed by atoms with van der Waals surface area (Å²) >= 11 is 0. The van der Waals surface area contributed by atoms with E-state index in [0.717, 1.165) is 29.0 Å². The Bertz CT molecular complexity index is 672. The highest BCUT2D eigenvalue weighted by Gasteiger charge is 2.00. The second-order valence-electron chi connectivity index (χ2n) is 4.19. The van der Waals surface area contributed by atoms with Crippen molar-refractivity contribution < 1.29 is 0 Å². The van der Waals surface area contributed by atoms with Crippen molar-refractivity contribution in [1.82, 2.24) is 14.8 Å². The molecular formula is C14H14N4. The molecular weight excluding hydrogens is 224 g/mol. The summed E-state index contributed by atoms with van der Waals surface area (Å²) in [5, 5.41) is 8.60. The summed E-state index contributed by atoms with van der Waals surface area (Å²) in [6, 6.07) is 14.2. The first-order chi connectivity index (χ1) is 8.83. The molecule has 1 N–H and O–H groups in total. The second-order valence-corrected chi connectivity index (χ2v) is 4.19. The van der Waals surface area contributed by atoms with E-state index in [-0.39, 0.29) is 0 Å². The summed E-state index contributed by atoms with van der Waals surface area (Å²) in [7, 11) is 1.94. The van der Waals surface area contributed by atoms with E-state index in [4.69, 9.17) is 0 Å². The fraction of sp³-hybridized carbons (Fsp3) is 0.143. The molecule has 0 aliphatic carbocycles. The van der Waals surface area contributed by atoms with Gasteiger partial charge in [0.2, 0.25) is 0 Å². The van der Waals surface area contributed by atoms with E-state index in [1.54, 1.807) is 6.20 Å². The Kier molecular flexibility index (Phi) is 2.68. The number of nitrogens with zero attached hydrogens (tertiary/aromatic N) is 3. The van der Waals surface area contributed by atoms with E-state index >= 15 is 0 Å². The third kappa shape index (κ3) is 2.05. The maximum absolute atomic E-state index is 4.56. The number of para-hydroxylation sites is 1. The number of anilines is 1. The minimum Gasteiger partial charge on any atom is -0.364 e. The molecule has 90 valence electrons. The van der Waals surface area contributed by atoms with E-state index in [1.165, 1.54) is 0 Å². The Morgan fingerprint density at radius 1 is 1.11 bits per heavy atom. The van der Waals surface area contributed by atoms with Crippen LogP contribution < -0.4 is 5.32 Å². The Balaban J connectivity index is 1.81. The topological polar surface area (TPSA) is 42.7 Å². The van der Waals surface area contributed by atoms with Gasteiger partial charge >= 0.3 is 0 Å². The molecule has 3 rings (SSSR count). The SMILES string of the molecule is Cn1nccc1CNc1ccc2ccccc2n1. The predicted octanol–water partition coefficient (Wildman–Crippen LogP) is 2.58. The Labute approximate surface area is 105 Å². The van der Waals surface area contributed by atoms with Crippen LogP contribution in [0.1, 0.15) is 5.69 Å². The highest BCUT2D eigenvalue weighted by molar-refractivity contribution is 5.79. The molecule has 0 unspecified atom stereocenters. The fourth-order valence-electron chi connectivity index (χ4n) is 1.92. The van der Waals surface area contributed by atoms with Gasteiger partial charge in [0.25, 0.3) is 0 Å². The molecule has 0 saturated heterocycles. The largest absolute Gasteiger partial charge is 0.364 e. The lowest BCUT2D eigenvalue weighted by atomic mass is 10.2. The van der Waals surface area contributed by atoms with Gasteiger partial charge in [-0.25, -0.2) is 4.98 Å². The molecule has 0 radical (unpaired) electrons. The van der Waals surface area contributed by atoms with Gasteiger partial charge in [-0.3, -0.25) is 4.68 Å². The molecule has 0 aliphatic heterocycles. The first kappa shape index (κ1) is 10.8. The lowest BCUT2D eigenvalue weighted by molar-refractivity contribution is 0.720. The van der Waals surface area contributed by atoms with Crippen molar-refractivity contribution in [1.29, 1.82) is 0 Å². The number of nitrogens with one attached hydrogen (secondary N) is 1. The normalized spacial score (nSPS) is 10.7. The van der Waals surface area contributed by atoms with Crippen LogP contribution >= 0.6 is 0 Å². The second kappa shape index (κ2) is 4.49. The molecule has 0 amide bonds. The van der Waals surface area contributed by atoms with Crippen molar-refractivity contribution in [3.63, 3.8) is 0 Å². The molecule has 2 heterocycles. The van der Waals surface area contributed by atoms with Crippen LogP contribution in [-0.2, 0) is 13.6 Å². The Morgan fingerprint density at radius 3 is 2.83 bits per heavy atom. The molecule has 0 spiro atoms. The molecule has 0 aliphatic rings. The van der Waals surface area contributed by atoms with Crippen molar-refractivity contribution in [2.24, 2.45) is 7.05 Å². The zero-order valence-corrected chi connectivity index (χ0v) is 10.2. The van der Waals surface area contributed by atoms with E-state index in [0.29, 0.717) is 0 Å². The van der Waals surface area contributed by atoms with Crippen LogP contribution in [0.5, 0.6) is 0 Å². The summed E-state index contributed by atoms with van der Waals surface area (Å²) < 4.78 is 1.86. The van der Waals surface area contributed by atoms with Crippen molar-refractivity contribution in [2.45, 2.75) is 6.54 Å². The number of rotatable bonds is 3. The molecule has 4 nitrogen and oxygen atoms in total. The molecule has 1 aromatic carbocycles. The average Bonchev–Trinajstić information content (AvgIpc) is 2.82. The maximum Gasteiger partial charge on any atom is 0.126 e. The first-order valence-corrected chi connectivity index (χ1v) is 5.89. The zero-order valence-electron chi connectivity index (χ0n) is 10.2. The van der Waals surface area contributed by atoms with E-state index in [2.05, 4.69) is 27.5 Å². The van der Waals surface area contributed by atoms with Gasteiger partial charge in [-0.15, -0.1) is 0 Å². The van der Waals surface area contributed by atoms with E-state index in [1.807, 2.05) is 42.1 Å². The van der Waals surface area contributed by atoms with Gasteiger partial charge < -0.3 is 5.32 Å². The molecule has 0 atom stereocenters. The summed E-state index contributed by atoms with van der Waals surface area (Å²) in [5.74, 6) is 0.884. The van der Waals surface area contributed by atoms with E-state index < -0.39 is 0 Å². The number of aromatic nitrogens is 3. The number of pyridine rings is 1. The zero-order chi connectivity index (χ0) is 12.4. The van der Waals surface area contributed by atoms with Crippen molar-refractivity contribution in [2.75, 3.05) is 5.32 Å². The Hall–Kier alpha value is -2.36. The van der Waals surface area contributed by atoms with Crippen LogP contribution in [0.3, 0.4) is 0 Å². The van der Waals surface area contributed by atoms with Crippen LogP contribution in [0.15, 0.2) is 48.7 Å². The third-order valence-electron chi connectivity index (χ3n) is 2.97. The standard InChI is InChI=1S/C14H14N4/c1-18-12(8-9-16-18)10-15-14-7-6-11-4-2-3-5-13(11)17-14/h2-9H,10H2,1H3,(H,15,17). The Morgan fingerprint density at radius 2 is 2.00 bits per heavy atom. The molecule has 3 aromatic rings. The van der Waals surface area contributed by atoms with Gasteiger partial charge in [-0.2, -0.15) is 5.10 Å². The van der Waals surface area contributed by atoms with Gasteiger partial charge in [0.05, 0.1) is 17.8 Å². The highest BCUT2D eigenvalue weighted by Crippen LogP contribution is 2.14. The van der Waals surface area contributed by atoms with Crippen LogP contribution in [0, 0.1) is 0 Å². The minimum atomic E-state index is 0.724. The third-order valence-corrected chi connectivity index (χ3v) is 2.97. The lowest BCUT2D eigenvalue weighted by Gasteiger charge is -2.06. The van der Waals surface area contributed by atoms with Crippen LogP contribution in [0.2, 0.25) is 0 Å². The van der Waals surface area contributed by atoms with Crippen LogP contribution in [0.25, 0.3) is 10.9 Å². The summed E-state index contributed by atoms with van der Waals surface area (Å²) in [6.45, 7) is 0.724. The van der Waals surface area contributed by atoms with E-state index in [9.17, 15) is 0 Å². The number of aryl methyl sites for hydroxylation is 1.